The van der Waals surface area contributed by atoms with Gasteiger partial charge in [0.1, 0.15) is 6.10 Å². The van der Waals surface area contributed by atoms with Crippen molar-refractivity contribution in [2.75, 3.05) is 0 Å². The molecule has 0 aromatic heterocycles. The summed E-state index contributed by atoms with van der Waals surface area (Å²) in [4.78, 5) is 11.2. The van der Waals surface area contributed by atoms with Crippen molar-refractivity contribution in [3.63, 3.8) is 0 Å². The third-order valence-corrected chi connectivity index (χ3v) is 5.02. The van der Waals surface area contributed by atoms with Crippen LogP contribution in [0.5, 0.6) is 0 Å². The molecule has 3 heteroatoms. The van der Waals surface area contributed by atoms with Gasteiger partial charge in [-0.25, -0.2) is 0 Å². The Bertz CT molecular complexity index is 465. The van der Waals surface area contributed by atoms with Crippen molar-refractivity contribution in [2.24, 2.45) is 11.3 Å². The van der Waals surface area contributed by atoms with Crippen LogP contribution in [-0.4, -0.2) is 22.8 Å². The smallest absolute Gasteiger partial charge is 0.303 e. The molecule has 4 atom stereocenters. The maximum atomic E-state index is 11.3. The van der Waals surface area contributed by atoms with E-state index in [4.69, 9.17) is 4.74 Å². The molecule has 20 heavy (non-hydrogen) atoms. The molecular formula is C17H24O3. The Balaban J connectivity index is 2.40. The molecular weight excluding hydrogens is 252 g/mol. The van der Waals surface area contributed by atoms with E-state index in [1.807, 2.05) is 26.8 Å². The zero-order chi connectivity index (χ0) is 15.1. The van der Waals surface area contributed by atoms with Crippen LogP contribution in [0.25, 0.3) is 0 Å². The molecule has 0 heterocycles. The van der Waals surface area contributed by atoms with E-state index in [2.05, 4.69) is 13.0 Å². The van der Waals surface area contributed by atoms with Crippen LogP contribution in [0.15, 0.2) is 23.8 Å². The molecule has 1 N–H and O–H groups in total. The zero-order valence-electron chi connectivity index (χ0n) is 12.8. The number of ether oxygens (including phenoxy) is 1. The predicted octanol–water partition coefficient (Wildman–Crippen LogP) is 3.07. The van der Waals surface area contributed by atoms with E-state index in [9.17, 15) is 9.90 Å². The number of fused-ring (bicyclic) bond motifs is 1. The Kier molecular flexibility index (Phi) is 3.85. The zero-order valence-corrected chi connectivity index (χ0v) is 12.8. The number of aliphatic hydroxyl groups is 1. The van der Waals surface area contributed by atoms with Gasteiger partial charge in [-0.15, -0.1) is 0 Å². The third-order valence-electron chi connectivity index (χ3n) is 5.02. The highest BCUT2D eigenvalue weighted by Gasteiger charge is 2.57. The van der Waals surface area contributed by atoms with Gasteiger partial charge in [-0.3, -0.25) is 4.79 Å². The molecule has 3 nitrogen and oxygen atoms in total. The first-order valence-electron chi connectivity index (χ1n) is 7.22. The van der Waals surface area contributed by atoms with Gasteiger partial charge in [0, 0.05) is 18.3 Å². The lowest BCUT2D eigenvalue weighted by atomic mass is 9.53. The second kappa shape index (κ2) is 5.03. The van der Waals surface area contributed by atoms with Gasteiger partial charge in [-0.1, -0.05) is 31.6 Å². The van der Waals surface area contributed by atoms with Crippen LogP contribution in [-0.2, 0) is 9.53 Å². The average Bonchev–Trinajstić information content (AvgIpc) is 2.32. The van der Waals surface area contributed by atoms with Gasteiger partial charge < -0.3 is 9.84 Å². The van der Waals surface area contributed by atoms with Crippen LogP contribution in [0, 0.1) is 17.8 Å². The fraction of sp³-hybridized carbons (Fsp3) is 0.647. The minimum atomic E-state index is -1.11. The molecule has 2 rings (SSSR count). The first kappa shape index (κ1) is 15.3. The van der Waals surface area contributed by atoms with Gasteiger partial charge in [-0.05, 0) is 32.3 Å². The van der Waals surface area contributed by atoms with E-state index in [-0.39, 0.29) is 11.9 Å². The highest BCUT2D eigenvalue weighted by atomic mass is 16.5. The lowest BCUT2D eigenvalue weighted by molar-refractivity contribution is -0.149. The molecule has 2 aliphatic rings. The number of hydrogen-bond donors (Lipinski definition) is 1. The topological polar surface area (TPSA) is 46.5 Å². The summed E-state index contributed by atoms with van der Waals surface area (Å²) in [7, 11) is 0. The summed E-state index contributed by atoms with van der Waals surface area (Å²) in [6, 6.07) is 0. The molecule has 0 aromatic rings. The van der Waals surface area contributed by atoms with Crippen LogP contribution in [0.2, 0.25) is 0 Å². The largest absolute Gasteiger partial charge is 0.457 e. The second-order valence-corrected chi connectivity index (χ2v) is 6.42. The van der Waals surface area contributed by atoms with Gasteiger partial charge in [0.05, 0.1) is 12.0 Å². The fourth-order valence-electron chi connectivity index (χ4n) is 3.50. The number of carbonyl (C=O) groups excluding carboxylic acids is 1. The summed E-state index contributed by atoms with van der Waals surface area (Å²) in [6.07, 6.45) is 7.51. The van der Waals surface area contributed by atoms with Gasteiger partial charge in [0.25, 0.3) is 0 Å². The maximum absolute atomic E-state index is 11.3. The highest BCUT2D eigenvalue weighted by Crippen LogP contribution is 2.55. The van der Waals surface area contributed by atoms with Gasteiger partial charge >= 0.3 is 5.97 Å². The summed E-state index contributed by atoms with van der Waals surface area (Å²) in [5, 5.41) is 11.3. The normalized spacial score (nSPS) is 40.5. The molecule has 0 aliphatic heterocycles. The van der Waals surface area contributed by atoms with Crippen LogP contribution in [0.1, 0.15) is 47.0 Å². The summed E-state index contributed by atoms with van der Waals surface area (Å²) in [5.74, 6) is -0.338. The fourth-order valence-corrected chi connectivity index (χ4v) is 3.50. The molecule has 0 unspecified atom stereocenters. The number of esters is 1. The van der Waals surface area contributed by atoms with Crippen molar-refractivity contribution in [1.29, 1.82) is 0 Å². The molecule has 1 saturated carbocycles. The standard InChI is InChI=1S/C17H24O3/c1-11(2)16(5)8-6-7-14-9-12(3)15(20-13(4)18)10-17(14,16)19/h9,14-15,19H,1,6-8H2,2-5H3/t14-,15+,16+,17+/m0/s1. The van der Waals surface area contributed by atoms with Crippen molar-refractivity contribution >= 4 is 5.97 Å². The van der Waals surface area contributed by atoms with Crippen LogP contribution in [0.3, 0.4) is 0 Å². The van der Waals surface area contributed by atoms with Crippen molar-refractivity contribution in [2.45, 2.75) is 58.7 Å². The Morgan fingerprint density at radius 2 is 2.20 bits per heavy atom. The minimum absolute atomic E-state index is 0.0183. The molecule has 2 aliphatic carbocycles. The van der Waals surface area contributed by atoms with E-state index < -0.39 is 17.1 Å². The molecule has 0 amide bonds. The Morgan fingerprint density at radius 1 is 1.55 bits per heavy atom. The number of hydrogen-bond acceptors (Lipinski definition) is 3. The Morgan fingerprint density at radius 3 is 2.75 bits per heavy atom. The van der Waals surface area contributed by atoms with Crippen LogP contribution < -0.4 is 0 Å². The lowest BCUT2D eigenvalue weighted by Crippen LogP contribution is -2.59. The van der Waals surface area contributed by atoms with E-state index in [0.717, 1.165) is 30.4 Å². The first-order chi connectivity index (χ1) is 9.20. The quantitative estimate of drug-likeness (QED) is 0.623. The lowest BCUT2D eigenvalue weighted by Gasteiger charge is -2.55. The maximum Gasteiger partial charge on any atom is 0.303 e. The SMILES string of the molecule is C=C(C)[C@@]1(C)CCC[C@H]2C=C(C)[C@H](OC(C)=O)[C][C@@]21O. The van der Waals surface area contributed by atoms with Gasteiger partial charge in [0.2, 0.25) is 0 Å². The molecule has 0 saturated heterocycles. The molecule has 0 bridgehead atoms. The van der Waals surface area contributed by atoms with Crippen molar-refractivity contribution in [3.8, 4) is 0 Å². The first-order valence-corrected chi connectivity index (χ1v) is 7.22. The second-order valence-electron chi connectivity index (χ2n) is 6.42. The van der Waals surface area contributed by atoms with Crippen molar-refractivity contribution in [3.05, 3.63) is 30.2 Å². The van der Waals surface area contributed by atoms with E-state index in [1.165, 1.54) is 6.92 Å². The van der Waals surface area contributed by atoms with Crippen molar-refractivity contribution in [1.82, 2.24) is 0 Å². The molecule has 110 valence electrons. The van der Waals surface area contributed by atoms with Crippen LogP contribution >= 0.6 is 0 Å². The number of rotatable bonds is 2. The Labute approximate surface area is 121 Å². The van der Waals surface area contributed by atoms with Gasteiger partial charge in [0.15, 0.2) is 0 Å². The third kappa shape index (κ3) is 2.22. The monoisotopic (exact) mass is 276 g/mol. The van der Waals surface area contributed by atoms with E-state index in [0.29, 0.717) is 0 Å². The summed E-state index contributed by atoms with van der Waals surface area (Å²) in [6.45, 7) is 11.4. The van der Waals surface area contributed by atoms with Crippen LogP contribution in [0.4, 0.5) is 0 Å². The summed E-state index contributed by atoms with van der Waals surface area (Å²) < 4.78 is 5.28. The predicted molar refractivity (Wildman–Crippen MR) is 77.8 cm³/mol. The highest BCUT2D eigenvalue weighted by molar-refractivity contribution is 5.66. The van der Waals surface area contributed by atoms with Crippen molar-refractivity contribution < 1.29 is 14.6 Å². The molecule has 0 spiro atoms. The molecule has 1 fully saturated rings. The molecule has 0 aromatic carbocycles. The number of carbonyl (C=O) groups is 1. The summed E-state index contributed by atoms with van der Waals surface area (Å²) in [5.41, 5.74) is 0.356. The summed E-state index contributed by atoms with van der Waals surface area (Å²) >= 11 is 0. The van der Waals surface area contributed by atoms with E-state index in [1.54, 1.807) is 0 Å². The average molecular weight is 276 g/mol. The van der Waals surface area contributed by atoms with Gasteiger partial charge in [-0.2, -0.15) is 0 Å². The minimum Gasteiger partial charge on any atom is -0.457 e. The molecule has 2 radical (unpaired) electrons. The Hall–Kier alpha value is -1.09. The van der Waals surface area contributed by atoms with E-state index >= 15 is 0 Å².